The van der Waals surface area contributed by atoms with Gasteiger partial charge in [0, 0.05) is 22.4 Å². The van der Waals surface area contributed by atoms with E-state index in [-0.39, 0.29) is 16.7 Å². The van der Waals surface area contributed by atoms with Crippen molar-refractivity contribution in [2.45, 2.75) is 18.2 Å². The van der Waals surface area contributed by atoms with Crippen molar-refractivity contribution in [3.8, 4) is 22.9 Å². The quantitative estimate of drug-likeness (QED) is 0.431. The number of ether oxygens (including phenoxy) is 1. The number of hydrogen-bond donors (Lipinski definition) is 2. The number of hydrogen-bond acceptors (Lipinski definition) is 6. The smallest absolute Gasteiger partial charge is 0.264 e. The average Bonchev–Trinajstić information content (AvgIpc) is 2.84. The molecule has 1 aliphatic heterocycles. The van der Waals surface area contributed by atoms with E-state index in [9.17, 15) is 13.2 Å². The SMILES string of the molecule is CCc1c2nc(nc1-c1ccccc1)NS(=O)(=O)c1cccc(c1)NC(=O)c1cccc(c1)O2. The second kappa shape index (κ2) is 8.60. The highest BCUT2D eigenvalue weighted by atomic mass is 32.2. The Morgan fingerprint density at radius 1 is 0.882 bits per heavy atom. The molecule has 3 aromatic carbocycles. The summed E-state index contributed by atoms with van der Waals surface area (Å²) in [5.74, 6) is 0.0832. The summed E-state index contributed by atoms with van der Waals surface area (Å²) in [6.07, 6.45) is 0.537. The summed E-state index contributed by atoms with van der Waals surface area (Å²) in [5, 5.41) is 2.72. The summed E-state index contributed by atoms with van der Waals surface area (Å²) < 4.78 is 34.8. The molecule has 8 nitrogen and oxygen atoms in total. The van der Waals surface area contributed by atoms with E-state index in [4.69, 9.17) is 4.74 Å². The molecule has 0 aliphatic carbocycles. The summed E-state index contributed by atoms with van der Waals surface area (Å²) in [5.41, 5.74) is 2.75. The molecule has 9 heteroatoms. The van der Waals surface area contributed by atoms with E-state index >= 15 is 0 Å². The maximum atomic E-state index is 13.1. The van der Waals surface area contributed by atoms with Gasteiger partial charge >= 0.3 is 0 Å². The summed E-state index contributed by atoms with van der Waals surface area (Å²) in [7, 11) is -4.05. The lowest BCUT2D eigenvalue weighted by atomic mass is 10.1. The van der Waals surface area contributed by atoms with Crippen LogP contribution in [-0.2, 0) is 16.4 Å². The Morgan fingerprint density at radius 3 is 2.44 bits per heavy atom. The first kappa shape index (κ1) is 21.6. The minimum absolute atomic E-state index is 0.0389. The van der Waals surface area contributed by atoms with Crippen molar-refractivity contribution in [1.82, 2.24) is 9.97 Å². The van der Waals surface area contributed by atoms with Crippen molar-refractivity contribution >= 4 is 27.6 Å². The molecule has 0 unspecified atom stereocenters. The first-order valence-corrected chi connectivity index (χ1v) is 12.1. The van der Waals surface area contributed by atoms with Gasteiger partial charge in [0.1, 0.15) is 5.75 Å². The van der Waals surface area contributed by atoms with Crippen LogP contribution in [0.15, 0.2) is 83.8 Å². The lowest BCUT2D eigenvalue weighted by Crippen LogP contribution is -2.18. The Bertz CT molecular complexity index is 1500. The highest BCUT2D eigenvalue weighted by Gasteiger charge is 2.22. The number of carbonyl (C=O) groups excluding carboxylic acids is 1. The van der Waals surface area contributed by atoms with E-state index in [0.717, 1.165) is 5.56 Å². The standard InChI is InChI=1S/C25H20N4O4S/c1-2-21-22(16-8-4-3-5-9-16)27-25-28-24(21)33-19-12-6-10-17(14-19)23(30)26-18-11-7-13-20(15-18)34(31,32)29-25/h3-15H,2H2,1H3,(H,26,30)(H,27,28,29). The van der Waals surface area contributed by atoms with Crippen LogP contribution < -0.4 is 14.8 Å². The van der Waals surface area contributed by atoms with Crippen molar-refractivity contribution in [2.24, 2.45) is 0 Å². The number of benzene rings is 3. The van der Waals surface area contributed by atoms with E-state index in [1.807, 2.05) is 37.3 Å². The van der Waals surface area contributed by atoms with Gasteiger partial charge in [-0.25, -0.2) is 18.1 Å². The minimum atomic E-state index is -4.05. The van der Waals surface area contributed by atoms with Crippen LogP contribution in [0, 0.1) is 0 Å². The van der Waals surface area contributed by atoms with Crippen LogP contribution in [0.4, 0.5) is 11.6 Å². The van der Waals surface area contributed by atoms with E-state index in [0.29, 0.717) is 34.7 Å². The lowest BCUT2D eigenvalue weighted by Gasteiger charge is -2.17. The third kappa shape index (κ3) is 4.20. The van der Waals surface area contributed by atoms with Gasteiger partial charge in [0.25, 0.3) is 15.9 Å². The van der Waals surface area contributed by atoms with Crippen LogP contribution in [0.1, 0.15) is 22.8 Å². The van der Waals surface area contributed by atoms with E-state index in [1.165, 1.54) is 12.1 Å². The fourth-order valence-corrected chi connectivity index (χ4v) is 4.67. The molecule has 1 aromatic heterocycles. The molecule has 2 heterocycles. The fraction of sp³-hybridized carbons (Fsp3) is 0.0800. The molecule has 0 saturated carbocycles. The van der Waals surface area contributed by atoms with Crippen LogP contribution in [0.25, 0.3) is 11.3 Å². The third-order valence-electron chi connectivity index (χ3n) is 5.31. The van der Waals surface area contributed by atoms with Crippen LogP contribution in [0.5, 0.6) is 11.6 Å². The zero-order chi connectivity index (χ0) is 23.7. The molecule has 6 bridgehead atoms. The zero-order valence-corrected chi connectivity index (χ0v) is 19.0. The summed E-state index contributed by atoms with van der Waals surface area (Å²) in [6, 6.07) is 22.1. The van der Waals surface area contributed by atoms with Gasteiger partial charge in [0.2, 0.25) is 11.8 Å². The first-order valence-electron chi connectivity index (χ1n) is 10.6. The first-order chi connectivity index (χ1) is 16.4. The Labute approximate surface area is 196 Å². The van der Waals surface area contributed by atoms with Crippen molar-refractivity contribution in [3.63, 3.8) is 0 Å². The summed E-state index contributed by atoms with van der Waals surface area (Å²) in [4.78, 5) is 21.7. The number of aromatic nitrogens is 2. The van der Waals surface area contributed by atoms with Gasteiger partial charge in [-0.15, -0.1) is 0 Å². The summed E-state index contributed by atoms with van der Waals surface area (Å²) in [6.45, 7) is 1.94. The monoisotopic (exact) mass is 472 g/mol. The third-order valence-corrected chi connectivity index (χ3v) is 6.63. The number of nitrogens with zero attached hydrogens (tertiary/aromatic N) is 2. The second-order valence-electron chi connectivity index (χ2n) is 7.62. The van der Waals surface area contributed by atoms with E-state index in [2.05, 4.69) is 20.0 Å². The van der Waals surface area contributed by atoms with Gasteiger partial charge in [-0.1, -0.05) is 49.4 Å². The van der Waals surface area contributed by atoms with Crippen LogP contribution in [0.2, 0.25) is 0 Å². The van der Waals surface area contributed by atoms with Gasteiger partial charge < -0.3 is 10.1 Å². The molecular formula is C25H20N4O4S. The molecular weight excluding hydrogens is 452 g/mol. The van der Waals surface area contributed by atoms with Gasteiger partial charge in [-0.05, 0) is 42.8 Å². The zero-order valence-electron chi connectivity index (χ0n) is 18.1. The molecule has 0 fully saturated rings. The normalized spacial score (nSPS) is 14.2. The van der Waals surface area contributed by atoms with Crippen LogP contribution in [0.3, 0.4) is 0 Å². The number of sulfonamides is 1. The van der Waals surface area contributed by atoms with Crippen molar-refractivity contribution in [3.05, 3.63) is 90.0 Å². The number of anilines is 2. The molecule has 0 atom stereocenters. The number of fused-ring (bicyclic) bond motifs is 6. The molecule has 2 N–H and O–H groups in total. The largest absolute Gasteiger partial charge is 0.439 e. The number of carbonyl (C=O) groups is 1. The molecule has 0 radical (unpaired) electrons. The van der Waals surface area contributed by atoms with Crippen LogP contribution >= 0.6 is 0 Å². The Kier molecular flexibility index (Phi) is 5.46. The molecule has 1 aliphatic rings. The highest BCUT2D eigenvalue weighted by molar-refractivity contribution is 7.92. The lowest BCUT2D eigenvalue weighted by molar-refractivity contribution is 0.102. The van der Waals surface area contributed by atoms with Gasteiger partial charge in [-0.2, -0.15) is 4.98 Å². The van der Waals surface area contributed by atoms with Gasteiger partial charge in [0.15, 0.2) is 0 Å². The number of amides is 1. The molecule has 1 amide bonds. The topological polar surface area (TPSA) is 110 Å². The van der Waals surface area contributed by atoms with Gasteiger partial charge in [-0.3, -0.25) is 4.79 Å². The Hall–Kier alpha value is -4.24. The molecule has 4 aromatic rings. The van der Waals surface area contributed by atoms with Gasteiger partial charge in [0.05, 0.1) is 10.6 Å². The Balaban J connectivity index is 1.76. The maximum absolute atomic E-state index is 13.1. The molecule has 5 rings (SSSR count). The number of rotatable bonds is 2. The molecule has 0 saturated heterocycles. The van der Waals surface area contributed by atoms with Crippen molar-refractivity contribution in [1.29, 1.82) is 0 Å². The highest BCUT2D eigenvalue weighted by Crippen LogP contribution is 2.33. The second-order valence-corrected chi connectivity index (χ2v) is 9.30. The Morgan fingerprint density at radius 2 is 1.65 bits per heavy atom. The number of nitrogens with one attached hydrogen (secondary N) is 2. The predicted octanol–water partition coefficient (Wildman–Crippen LogP) is 4.86. The molecule has 170 valence electrons. The average molecular weight is 473 g/mol. The molecule has 34 heavy (non-hydrogen) atoms. The predicted molar refractivity (Wildman–Crippen MR) is 129 cm³/mol. The minimum Gasteiger partial charge on any atom is -0.439 e. The van der Waals surface area contributed by atoms with Crippen LogP contribution in [-0.4, -0.2) is 24.3 Å². The maximum Gasteiger partial charge on any atom is 0.264 e. The molecule has 0 spiro atoms. The van der Waals surface area contributed by atoms with E-state index < -0.39 is 15.9 Å². The van der Waals surface area contributed by atoms with Crippen molar-refractivity contribution in [2.75, 3.05) is 10.0 Å². The van der Waals surface area contributed by atoms with Crippen molar-refractivity contribution < 1.29 is 17.9 Å². The summed E-state index contributed by atoms with van der Waals surface area (Å²) >= 11 is 0. The van der Waals surface area contributed by atoms with E-state index in [1.54, 1.807) is 36.4 Å². The fourth-order valence-electron chi connectivity index (χ4n) is 3.68.